The Labute approximate surface area is 206 Å². The zero-order valence-corrected chi connectivity index (χ0v) is 21.5. The summed E-state index contributed by atoms with van der Waals surface area (Å²) >= 11 is 5.94. The van der Waals surface area contributed by atoms with Gasteiger partial charge in [0.2, 0.25) is 21.8 Å². The molecule has 1 atom stereocenters. The number of anilines is 1. The number of amides is 2. The van der Waals surface area contributed by atoms with E-state index in [0.29, 0.717) is 29.4 Å². The van der Waals surface area contributed by atoms with E-state index in [1.54, 1.807) is 31.4 Å². The predicted molar refractivity (Wildman–Crippen MR) is 135 cm³/mol. The van der Waals surface area contributed by atoms with Gasteiger partial charge in [-0.25, -0.2) is 8.42 Å². The highest BCUT2D eigenvalue weighted by Gasteiger charge is 2.31. The summed E-state index contributed by atoms with van der Waals surface area (Å²) in [5.74, 6) is -0.0985. The maximum Gasteiger partial charge on any atom is 0.244 e. The van der Waals surface area contributed by atoms with Crippen LogP contribution in [0.25, 0.3) is 0 Å². The van der Waals surface area contributed by atoms with E-state index in [-0.39, 0.29) is 12.5 Å². The first-order chi connectivity index (χ1) is 16.1. The number of hydrogen-bond acceptors (Lipinski definition) is 5. The number of nitrogens with one attached hydrogen (secondary N) is 1. The van der Waals surface area contributed by atoms with E-state index in [1.807, 2.05) is 26.0 Å². The Morgan fingerprint density at radius 2 is 1.68 bits per heavy atom. The molecule has 2 amide bonds. The Hall–Kier alpha value is -2.78. The Morgan fingerprint density at radius 1 is 1.06 bits per heavy atom. The average Bonchev–Trinajstić information content (AvgIpc) is 2.81. The van der Waals surface area contributed by atoms with Crippen LogP contribution in [0.5, 0.6) is 5.75 Å². The third kappa shape index (κ3) is 7.63. The SMILES string of the molecule is CCCNC(=O)[C@@H](CC)N(Cc1ccc(OC)cc1)C(=O)CN(c1ccc(Cl)cc1)S(C)(=O)=O. The maximum atomic E-state index is 13.5. The molecule has 0 unspecified atom stereocenters. The van der Waals surface area contributed by atoms with Crippen molar-refractivity contribution in [3.63, 3.8) is 0 Å². The van der Waals surface area contributed by atoms with Gasteiger partial charge in [0, 0.05) is 18.1 Å². The van der Waals surface area contributed by atoms with Gasteiger partial charge in [0.25, 0.3) is 0 Å². The first kappa shape index (κ1) is 27.5. The van der Waals surface area contributed by atoms with E-state index in [0.717, 1.165) is 22.5 Å². The summed E-state index contributed by atoms with van der Waals surface area (Å²) in [6.45, 7) is 3.93. The summed E-state index contributed by atoms with van der Waals surface area (Å²) in [7, 11) is -2.22. The molecule has 0 saturated carbocycles. The van der Waals surface area contributed by atoms with Crippen LogP contribution >= 0.6 is 11.6 Å². The lowest BCUT2D eigenvalue weighted by Gasteiger charge is -2.33. The number of halogens is 1. The Morgan fingerprint density at radius 3 is 2.18 bits per heavy atom. The summed E-state index contributed by atoms with van der Waals surface area (Å²) in [6, 6.07) is 12.6. The van der Waals surface area contributed by atoms with Crippen LogP contribution in [0, 0.1) is 0 Å². The van der Waals surface area contributed by atoms with Gasteiger partial charge < -0.3 is 15.0 Å². The van der Waals surface area contributed by atoms with Crippen molar-refractivity contribution in [2.45, 2.75) is 39.3 Å². The van der Waals surface area contributed by atoms with Gasteiger partial charge in [-0.2, -0.15) is 0 Å². The zero-order valence-electron chi connectivity index (χ0n) is 20.0. The predicted octanol–water partition coefficient (Wildman–Crippen LogP) is 3.45. The molecule has 0 fully saturated rings. The molecule has 34 heavy (non-hydrogen) atoms. The van der Waals surface area contributed by atoms with Crippen molar-refractivity contribution in [1.82, 2.24) is 10.2 Å². The van der Waals surface area contributed by atoms with Gasteiger partial charge in [0.05, 0.1) is 19.1 Å². The molecule has 0 aromatic heterocycles. The molecule has 0 aliphatic heterocycles. The highest BCUT2D eigenvalue weighted by atomic mass is 35.5. The topological polar surface area (TPSA) is 96.0 Å². The number of methoxy groups -OCH3 is 1. The molecule has 2 aromatic carbocycles. The van der Waals surface area contributed by atoms with Crippen molar-refractivity contribution in [3.8, 4) is 5.75 Å². The Kier molecular flexibility index (Phi) is 10.2. The van der Waals surface area contributed by atoms with Crippen LogP contribution in [-0.2, 0) is 26.2 Å². The second-order valence-electron chi connectivity index (χ2n) is 7.83. The van der Waals surface area contributed by atoms with E-state index in [4.69, 9.17) is 16.3 Å². The monoisotopic (exact) mass is 509 g/mol. The van der Waals surface area contributed by atoms with Crippen LogP contribution in [0.15, 0.2) is 48.5 Å². The van der Waals surface area contributed by atoms with Gasteiger partial charge in [0.1, 0.15) is 18.3 Å². The van der Waals surface area contributed by atoms with E-state index in [9.17, 15) is 18.0 Å². The molecule has 0 aliphatic carbocycles. The van der Waals surface area contributed by atoms with Crippen molar-refractivity contribution in [2.75, 3.05) is 30.8 Å². The van der Waals surface area contributed by atoms with Crippen molar-refractivity contribution in [2.24, 2.45) is 0 Å². The molecular weight excluding hydrogens is 478 g/mol. The standard InChI is InChI=1S/C24H32ClN3O5S/c1-5-15-26-24(30)22(6-2)27(16-18-7-13-21(33-3)14-8-18)23(29)17-28(34(4,31)32)20-11-9-19(25)10-12-20/h7-14,22H,5-6,15-17H2,1-4H3,(H,26,30)/t22-/m1/s1. The van der Waals surface area contributed by atoms with Gasteiger partial charge in [-0.3, -0.25) is 13.9 Å². The lowest BCUT2D eigenvalue weighted by atomic mass is 10.1. The number of rotatable bonds is 12. The summed E-state index contributed by atoms with van der Waals surface area (Å²) in [5.41, 5.74) is 1.10. The van der Waals surface area contributed by atoms with Crippen molar-refractivity contribution >= 4 is 39.1 Å². The van der Waals surface area contributed by atoms with Gasteiger partial charge >= 0.3 is 0 Å². The molecule has 2 aromatic rings. The van der Waals surface area contributed by atoms with Crippen LogP contribution in [-0.4, -0.2) is 57.6 Å². The van der Waals surface area contributed by atoms with E-state index in [2.05, 4.69) is 5.32 Å². The molecule has 0 heterocycles. The van der Waals surface area contributed by atoms with E-state index >= 15 is 0 Å². The number of ether oxygens (including phenoxy) is 1. The van der Waals surface area contributed by atoms with Crippen molar-refractivity contribution in [3.05, 3.63) is 59.1 Å². The average molecular weight is 510 g/mol. The fourth-order valence-corrected chi connectivity index (χ4v) is 4.41. The molecular formula is C24H32ClN3O5S. The number of carbonyl (C=O) groups excluding carboxylic acids is 2. The third-order valence-corrected chi connectivity index (χ3v) is 6.63. The third-order valence-electron chi connectivity index (χ3n) is 5.24. The molecule has 1 N–H and O–H groups in total. The van der Waals surface area contributed by atoms with Crippen molar-refractivity contribution < 1.29 is 22.7 Å². The minimum atomic E-state index is -3.78. The lowest BCUT2D eigenvalue weighted by molar-refractivity contribution is -0.140. The first-order valence-electron chi connectivity index (χ1n) is 11.0. The molecule has 8 nitrogen and oxygen atoms in total. The first-order valence-corrected chi connectivity index (χ1v) is 13.3. The molecule has 10 heteroatoms. The molecule has 0 spiro atoms. The molecule has 0 radical (unpaired) electrons. The van der Waals surface area contributed by atoms with Gasteiger partial charge in [0.15, 0.2) is 0 Å². The van der Waals surface area contributed by atoms with Crippen LogP contribution in [0.2, 0.25) is 5.02 Å². The zero-order chi connectivity index (χ0) is 25.3. The smallest absolute Gasteiger partial charge is 0.244 e. The van der Waals surface area contributed by atoms with Crippen LogP contribution < -0.4 is 14.4 Å². The quantitative estimate of drug-likeness (QED) is 0.472. The summed E-state index contributed by atoms with van der Waals surface area (Å²) in [4.78, 5) is 27.9. The normalized spacial score (nSPS) is 12.0. The Balaban J connectivity index is 2.40. The van der Waals surface area contributed by atoms with Gasteiger partial charge in [-0.15, -0.1) is 0 Å². The Bertz CT molecular complexity index is 1060. The summed E-state index contributed by atoms with van der Waals surface area (Å²) < 4.78 is 31.3. The molecule has 2 rings (SSSR count). The highest BCUT2D eigenvalue weighted by Crippen LogP contribution is 2.22. The van der Waals surface area contributed by atoms with E-state index < -0.39 is 28.5 Å². The van der Waals surface area contributed by atoms with Crippen LogP contribution in [0.4, 0.5) is 5.69 Å². The summed E-state index contributed by atoms with van der Waals surface area (Å²) in [6.07, 6.45) is 2.16. The fourth-order valence-electron chi connectivity index (χ4n) is 3.43. The fraction of sp³-hybridized carbons (Fsp3) is 0.417. The molecule has 0 saturated heterocycles. The van der Waals surface area contributed by atoms with Gasteiger partial charge in [-0.05, 0) is 54.8 Å². The second kappa shape index (κ2) is 12.6. The molecule has 0 bridgehead atoms. The van der Waals surface area contributed by atoms with E-state index in [1.165, 1.54) is 17.0 Å². The number of benzene rings is 2. The van der Waals surface area contributed by atoms with Crippen LogP contribution in [0.3, 0.4) is 0 Å². The molecule has 186 valence electrons. The number of sulfonamides is 1. The second-order valence-corrected chi connectivity index (χ2v) is 10.2. The maximum absolute atomic E-state index is 13.5. The minimum Gasteiger partial charge on any atom is -0.497 e. The highest BCUT2D eigenvalue weighted by molar-refractivity contribution is 7.92. The lowest BCUT2D eigenvalue weighted by Crippen LogP contribution is -2.52. The van der Waals surface area contributed by atoms with Crippen LogP contribution in [0.1, 0.15) is 32.3 Å². The molecule has 0 aliphatic rings. The van der Waals surface area contributed by atoms with Gasteiger partial charge in [-0.1, -0.05) is 37.6 Å². The largest absolute Gasteiger partial charge is 0.497 e. The van der Waals surface area contributed by atoms with Crippen molar-refractivity contribution in [1.29, 1.82) is 0 Å². The summed E-state index contributed by atoms with van der Waals surface area (Å²) in [5, 5.41) is 3.29. The number of carbonyl (C=O) groups is 2. The number of nitrogens with zero attached hydrogens (tertiary/aromatic N) is 2. The number of hydrogen-bond donors (Lipinski definition) is 1. The minimum absolute atomic E-state index is 0.138.